The first-order chi connectivity index (χ1) is 16.6. The summed E-state index contributed by atoms with van der Waals surface area (Å²) in [6.07, 6.45) is 5.81. The zero-order chi connectivity index (χ0) is 23.0. The van der Waals surface area contributed by atoms with Gasteiger partial charge in [0.1, 0.15) is 0 Å². The van der Waals surface area contributed by atoms with Gasteiger partial charge < -0.3 is 0 Å². The molecular weight excluding hydrogens is 455 g/mol. The Labute approximate surface area is 210 Å². The van der Waals surface area contributed by atoms with Crippen LogP contribution in [0.5, 0.6) is 0 Å². The molecule has 1 unspecified atom stereocenters. The summed E-state index contributed by atoms with van der Waals surface area (Å²) in [6.45, 7) is 2.36. The Morgan fingerprint density at radius 3 is 1.97 bits per heavy atom. The van der Waals surface area contributed by atoms with Crippen molar-refractivity contribution in [1.82, 2.24) is 0 Å². The molecule has 0 nitrogen and oxygen atoms in total. The SMILES string of the molecule is CC1CC=CC2=C1c1cccc(-c3cc(Cl)cc(Cl)c3)c1C21c2ccccc2-c2ccccc21. The van der Waals surface area contributed by atoms with E-state index in [4.69, 9.17) is 23.2 Å². The summed E-state index contributed by atoms with van der Waals surface area (Å²) in [5, 5.41) is 1.32. The van der Waals surface area contributed by atoms with Crippen molar-refractivity contribution in [3.63, 3.8) is 0 Å². The van der Waals surface area contributed by atoms with Crippen LogP contribution in [-0.2, 0) is 5.41 Å². The maximum Gasteiger partial charge on any atom is 0.0728 e. The minimum absolute atomic E-state index is 0.353. The van der Waals surface area contributed by atoms with Crippen molar-refractivity contribution in [3.05, 3.63) is 135 Å². The maximum absolute atomic E-state index is 6.50. The molecule has 0 saturated heterocycles. The molecule has 34 heavy (non-hydrogen) atoms. The van der Waals surface area contributed by atoms with Crippen molar-refractivity contribution in [2.75, 3.05) is 0 Å². The van der Waals surface area contributed by atoms with Crippen LogP contribution in [0.2, 0.25) is 10.0 Å². The lowest BCUT2D eigenvalue weighted by atomic mass is 9.67. The van der Waals surface area contributed by atoms with Gasteiger partial charge in [0.2, 0.25) is 0 Å². The van der Waals surface area contributed by atoms with E-state index in [1.165, 1.54) is 50.1 Å². The van der Waals surface area contributed by atoms with Gasteiger partial charge in [-0.05, 0) is 86.2 Å². The van der Waals surface area contributed by atoms with E-state index in [0.29, 0.717) is 16.0 Å². The van der Waals surface area contributed by atoms with Crippen LogP contribution in [0.25, 0.3) is 27.8 Å². The molecule has 0 aromatic heterocycles. The zero-order valence-corrected chi connectivity index (χ0v) is 20.3. The third-order valence-electron chi connectivity index (χ3n) is 7.82. The summed E-state index contributed by atoms with van der Waals surface area (Å²) in [6, 6.07) is 30.5. The van der Waals surface area contributed by atoms with Crippen LogP contribution >= 0.6 is 23.2 Å². The molecule has 0 radical (unpaired) electrons. The normalized spacial score (nSPS) is 18.6. The van der Waals surface area contributed by atoms with E-state index in [9.17, 15) is 0 Å². The molecule has 4 aromatic rings. The average Bonchev–Trinajstić information content (AvgIpc) is 3.31. The van der Waals surface area contributed by atoms with E-state index in [1.807, 2.05) is 12.1 Å². The van der Waals surface area contributed by atoms with E-state index in [1.54, 1.807) is 6.07 Å². The summed E-state index contributed by atoms with van der Waals surface area (Å²) in [5.74, 6) is 0.455. The van der Waals surface area contributed by atoms with Gasteiger partial charge in [0.15, 0.2) is 0 Å². The highest BCUT2D eigenvalue weighted by Gasteiger charge is 2.54. The number of fused-ring (bicyclic) bond motifs is 9. The standard InChI is InChI=1S/C32H22Cl2/c1-19-8-6-15-29-30(19)26-12-7-11-23(20-16-21(33)18-22(34)17-20)31(26)32(29)27-13-4-2-9-24(27)25-10-3-5-14-28(25)32/h2-7,9-19H,8H2,1H3. The molecule has 3 aliphatic carbocycles. The third-order valence-corrected chi connectivity index (χ3v) is 8.25. The van der Waals surface area contributed by atoms with Crippen LogP contribution in [0, 0.1) is 5.92 Å². The summed E-state index contributed by atoms with van der Waals surface area (Å²) in [5.41, 5.74) is 12.9. The van der Waals surface area contributed by atoms with Crippen molar-refractivity contribution in [2.24, 2.45) is 5.92 Å². The minimum Gasteiger partial charge on any atom is -0.0843 e. The Morgan fingerprint density at radius 2 is 1.29 bits per heavy atom. The van der Waals surface area contributed by atoms with Crippen molar-refractivity contribution in [2.45, 2.75) is 18.8 Å². The van der Waals surface area contributed by atoms with Gasteiger partial charge in [-0.15, -0.1) is 0 Å². The Hall–Kier alpha value is -3.06. The predicted molar refractivity (Wildman–Crippen MR) is 143 cm³/mol. The van der Waals surface area contributed by atoms with Gasteiger partial charge in [-0.2, -0.15) is 0 Å². The first-order valence-corrected chi connectivity index (χ1v) is 12.6. The van der Waals surface area contributed by atoms with Crippen LogP contribution in [-0.4, -0.2) is 0 Å². The molecule has 0 saturated carbocycles. The molecule has 1 atom stereocenters. The lowest BCUT2D eigenvalue weighted by Crippen LogP contribution is -2.28. The Balaban J connectivity index is 1.68. The lowest BCUT2D eigenvalue weighted by Gasteiger charge is -2.34. The van der Waals surface area contributed by atoms with Crippen LogP contribution < -0.4 is 0 Å². The highest BCUT2D eigenvalue weighted by molar-refractivity contribution is 6.35. The molecule has 0 fully saturated rings. The number of hydrogen-bond donors (Lipinski definition) is 0. The molecule has 7 rings (SSSR count). The first kappa shape index (κ1) is 20.3. The van der Waals surface area contributed by atoms with Crippen LogP contribution in [0.4, 0.5) is 0 Å². The van der Waals surface area contributed by atoms with Crippen molar-refractivity contribution < 1.29 is 0 Å². The van der Waals surface area contributed by atoms with Gasteiger partial charge in [0.05, 0.1) is 5.41 Å². The van der Waals surface area contributed by atoms with Gasteiger partial charge in [-0.25, -0.2) is 0 Å². The second kappa shape index (κ2) is 7.22. The Bertz CT molecular complexity index is 1500. The molecule has 1 spiro atoms. The van der Waals surface area contributed by atoms with Crippen molar-refractivity contribution in [3.8, 4) is 22.3 Å². The highest BCUT2D eigenvalue weighted by Crippen LogP contribution is 2.65. The molecular formula is C32H22Cl2. The number of halogens is 2. The lowest BCUT2D eigenvalue weighted by molar-refractivity contribution is 0.731. The molecule has 0 bridgehead atoms. The first-order valence-electron chi connectivity index (χ1n) is 11.8. The molecule has 3 aliphatic rings. The summed E-state index contributed by atoms with van der Waals surface area (Å²) in [4.78, 5) is 0. The summed E-state index contributed by atoms with van der Waals surface area (Å²) >= 11 is 13.0. The molecule has 2 heteroatoms. The highest BCUT2D eigenvalue weighted by atomic mass is 35.5. The summed E-state index contributed by atoms with van der Waals surface area (Å²) < 4.78 is 0. The van der Waals surface area contributed by atoms with Gasteiger partial charge in [-0.1, -0.05) is 109 Å². The van der Waals surface area contributed by atoms with E-state index in [0.717, 1.165) is 12.0 Å². The summed E-state index contributed by atoms with van der Waals surface area (Å²) in [7, 11) is 0. The maximum atomic E-state index is 6.50. The van der Waals surface area contributed by atoms with E-state index in [-0.39, 0.29) is 5.41 Å². The second-order valence-corrected chi connectivity index (χ2v) is 10.5. The average molecular weight is 477 g/mol. The van der Waals surface area contributed by atoms with Crippen molar-refractivity contribution >= 4 is 28.8 Å². The predicted octanol–water partition coefficient (Wildman–Crippen LogP) is 9.34. The number of allylic oxidation sites excluding steroid dienone is 4. The fraction of sp³-hybridized carbons (Fsp3) is 0.125. The van der Waals surface area contributed by atoms with Gasteiger partial charge in [0.25, 0.3) is 0 Å². The largest absolute Gasteiger partial charge is 0.0843 e. The van der Waals surface area contributed by atoms with E-state index < -0.39 is 0 Å². The molecule has 0 N–H and O–H groups in total. The fourth-order valence-corrected chi connectivity index (χ4v) is 7.19. The molecule has 164 valence electrons. The number of hydrogen-bond acceptors (Lipinski definition) is 0. The fourth-order valence-electron chi connectivity index (χ4n) is 6.66. The van der Waals surface area contributed by atoms with Crippen LogP contribution in [0.3, 0.4) is 0 Å². The van der Waals surface area contributed by atoms with E-state index >= 15 is 0 Å². The molecule has 0 heterocycles. The van der Waals surface area contributed by atoms with Gasteiger partial charge >= 0.3 is 0 Å². The topological polar surface area (TPSA) is 0 Å². The number of rotatable bonds is 1. The van der Waals surface area contributed by atoms with Crippen LogP contribution in [0.1, 0.15) is 35.6 Å². The molecule has 0 amide bonds. The number of benzene rings is 4. The molecule has 0 aliphatic heterocycles. The zero-order valence-electron chi connectivity index (χ0n) is 18.8. The Kier molecular flexibility index (Phi) is 4.31. The second-order valence-electron chi connectivity index (χ2n) is 9.59. The quantitative estimate of drug-likeness (QED) is 0.256. The smallest absolute Gasteiger partial charge is 0.0728 e. The van der Waals surface area contributed by atoms with Crippen LogP contribution in [0.15, 0.2) is 103 Å². The van der Waals surface area contributed by atoms with Gasteiger partial charge in [0, 0.05) is 10.0 Å². The minimum atomic E-state index is -0.353. The molecule has 4 aromatic carbocycles. The van der Waals surface area contributed by atoms with Crippen molar-refractivity contribution in [1.29, 1.82) is 0 Å². The monoisotopic (exact) mass is 476 g/mol. The Morgan fingerprint density at radius 1 is 0.706 bits per heavy atom. The van der Waals surface area contributed by atoms with E-state index in [2.05, 4.69) is 85.8 Å². The third kappa shape index (κ3) is 2.51. The van der Waals surface area contributed by atoms with Gasteiger partial charge in [-0.3, -0.25) is 0 Å².